The lowest BCUT2D eigenvalue weighted by molar-refractivity contribution is -0.387. The van der Waals surface area contributed by atoms with E-state index in [1.165, 1.54) is 18.2 Å². The minimum atomic E-state index is -1.08. The van der Waals surface area contributed by atoms with Crippen LogP contribution in [0.2, 0.25) is 0 Å². The molecule has 2 rings (SSSR count). The Morgan fingerprint density at radius 2 is 2.00 bits per heavy atom. The minimum Gasteiger partial charge on any atom is -0.478 e. The maximum atomic E-state index is 13.0. The van der Waals surface area contributed by atoms with Gasteiger partial charge in [-0.3, -0.25) is 10.1 Å². The predicted octanol–water partition coefficient (Wildman–Crippen LogP) is 3.58. The molecule has 102 valence electrons. The number of carboxylic acids is 1. The first-order chi connectivity index (χ1) is 9.47. The van der Waals surface area contributed by atoms with Crippen LogP contribution in [0.1, 0.15) is 10.4 Å². The normalized spacial score (nSPS) is 10.2. The summed E-state index contributed by atoms with van der Waals surface area (Å²) in [5, 5.41) is 19.8. The summed E-state index contributed by atoms with van der Waals surface area (Å²) in [4.78, 5) is 21.8. The topological polar surface area (TPSA) is 80.4 Å². The molecule has 0 saturated heterocycles. The molecule has 0 bridgehead atoms. The van der Waals surface area contributed by atoms with Crippen molar-refractivity contribution in [1.29, 1.82) is 0 Å². The van der Waals surface area contributed by atoms with Gasteiger partial charge in [-0.25, -0.2) is 9.18 Å². The van der Waals surface area contributed by atoms with E-state index in [4.69, 9.17) is 5.11 Å². The fourth-order valence-corrected chi connectivity index (χ4v) is 2.50. The van der Waals surface area contributed by atoms with Crippen molar-refractivity contribution in [2.24, 2.45) is 0 Å². The lowest BCUT2D eigenvalue weighted by Crippen LogP contribution is -1.95. The van der Waals surface area contributed by atoms with Crippen molar-refractivity contribution in [3.05, 3.63) is 64.0 Å². The van der Waals surface area contributed by atoms with Gasteiger partial charge in [0.15, 0.2) is 0 Å². The number of hydrogen-bond acceptors (Lipinski definition) is 4. The van der Waals surface area contributed by atoms with Crippen LogP contribution in [0.25, 0.3) is 0 Å². The molecule has 0 saturated carbocycles. The van der Waals surface area contributed by atoms with E-state index in [9.17, 15) is 19.3 Å². The van der Waals surface area contributed by atoms with Crippen LogP contribution in [0.5, 0.6) is 0 Å². The molecule has 0 heterocycles. The molecule has 0 spiro atoms. The van der Waals surface area contributed by atoms with Crippen LogP contribution in [0.15, 0.2) is 52.3 Å². The van der Waals surface area contributed by atoms with Crippen molar-refractivity contribution in [3.63, 3.8) is 0 Å². The van der Waals surface area contributed by atoms with Crippen LogP contribution < -0.4 is 0 Å². The maximum Gasteiger partial charge on any atom is 0.335 e. The highest BCUT2D eigenvalue weighted by atomic mass is 32.2. The summed E-state index contributed by atoms with van der Waals surface area (Å²) in [6.07, 6.45) is 0. The molecule has 5 nitrogen and oxygen atoms in total. The lowest BCUT2D eigenvalue weighted by atomic mass is 10.2. The lowest BCUT2D eigenvalue weighted by Gasteiger charge is -2.04. The highest BCUT2D eigenvalue weighted by Crippen LogP contribution is 2.35. The number of halogens is 1. The summed E-state index contributed by atoms with van der Waals surface area (Å²) in [6, 6.07) is 9.25. The summed E-state index contributed by atoms with van der Waals surface area (Å²) in [5.41, 5.74) is -0.268. The average molecular weight is 293 g/mol. The fourth-order valence-electron chi connectivity index (χ4n) is 1.54. The molecule has 0 aliphatic carbocycles. The third-order valence-corrected chi connectivity index (χ3v) is 3.48. The number of nitro benzene ring substituents is 1. The van der Waals surface area contributed by atoms with Crippen LogP contribution in [0, 0.1) is 15.9 Å². The van der Waals surface area contributed by atoms with Crippen molar-refractivity contribution in [2.45, 2.75) is 9.79 Å². The quantitative estimate of drug-likeness (QED) is 0.688. The Balaban J connectivity index is 2.37. The van der Waals surface area contributed by atoms with Crippen LogP contribution in [-0.4, -0.2) is 16.0 Å². The fraction of sp³-hybridized carbons (Fsp3) is 0. The molecule has 0 unspecified atom stereocenters. The molecule has 0 fully saturated rings. The van der Waals surface area contributed by atoms with Crippen molar-refractivity contribution in [2.75, 3.05) is 0 Å². The summed E-state index contributed by atoms with van der Waals surface area (Å²) in [6.45, 7) is 0. The van der Waals surface area contributed by atoms with Gasteiger partial charge in [0.1, 0.15) is 5.82 Å². The number of nitrogens with zero attached hydrogens (tertiary/aromatic N) is 1. The van der Waals surface area contributed by atoms with Gasteiger partial charge in [-0.15, -0.1) is 0 Å². The van der Waals surface area contributed by atoms with Crippen molar-refractivity contribution >= 4 is 23.4 Å². The summed E-state index contributed by atoms with van der Waals surface area (Å²) in [7, 11) is 0. The van der Waals surface area contributed by atoms with E-state index in [1.54, 1.807) is 12.1 Å². The molecule has 0 aromatic heterocycles. The van der Waals surface area contributed by atoms with Gasteiger partial charge in [0.25, 0.3) is 5.69 Å². The maximum absolute atomic E-state index is 13.0. The van der Waals surface area contributed by atoms with Gasteiger partial charge in [-0.1, -0.05) is 17.8 Å². The number of carbonyl (C=O) groups is 1. The number of rotatable bonds is 4. The monoisotopic (exact) mass is 293 g/mol. The molecule has 2 aromatic rings. The van der Waals surface area contributed by atoms with E-state index in [-0.39, 0.29) is 16.1 Å². The van der Waals surface area contributed by atoms with Crippen LogP contribution in [0.3, 0.4) is 0 Å². The van der Waals surface area contributed by atoms with Gasteiger partial charge in [-0.05, 0) is 30.3 Å². The third-order valence-electron chi connectivity index (χ3n) is 2.43. The first-order valence-electron chi connectivity index (χ1n) is 5.42. The first kappa shape index (κ1) is 14.0. The number of hydrogen-bond donors (Lipinski definition) is 1. The highest BCUT2D eigenvalue weighted by molar-refractivity contribution is 7.99. The highest BCUT2D eigenvalue weighted by Gasteiger charge is 2.16. The molecular weight excluding hydrogens is 285 g/mol. The molecule has 0 aliphatic heterocycles. The first-order valence-corrected chi connectivity index (χ1v) is 6.24. The summed E-state index contributed by atoms with van der Waals surface area (Å²) >= 11 is 1.01. The number of carboxylic acid groups (broad SMARTS) is 1. The molecule has 7 heteroatoms. The Kier molecular flexibility index (Phi) is 3.99. The Morgan fingerprint density at radius 1 is 1.25 bits per heavy atom. The zero-order chi connectivity index (χ0) is 14.7. The van der Waals surface area contributed by atoms with E-state index in [2.05, 4.69) is 0 Å². The van der Waals surface area contributed by atoms with E-state index in [0.29, 0.717) is 4.90 Å². The molecule has 0 atom stereocenters. The number of aromatic carboxylic acids is 1. The minimum absolute atomic E-state index is 0.0831. The molecule has 0 amide bonds. The largest absolute Gasteiger partial charge is 0.478 e. The summed E-state index contributed by atoms with van der Waals surface area (Å²) < 4.78 is 13.0. The standard InChI is InChI=1S/C13H8FNO4S/c14-9-4-5-12(11(7-9)15(18)19)20-10-3-1-2-8(6-10)13(16)17/h1-7H,(H,16,17). The van der Waals surface area contributed by atoms with Crippen molar-refractivity contribution in [1.82, 2.24) is 0 Å². The zero-order valence-corrected chi connectivity index (χ0v) is 10.8. The second kappa shape index (κ2) is 5.70. The number of nitro groups is 1. The van der Waals surface area contributed by atoms with Gasteiger partial charge in [0.2, 0.25) is 0 Å². The summed E-state index contributed by atoms with van der Waals surface area (Å²) in [5.74, 6) is -1.78. The molecular formula is C13H8FNO4S. The molecule has 0 aliphatic rings. The number of benzene rings is 2. The van der Waals surface area contributed by atoms with Gasteiger partial charge in [-0.2, -0.15) is 0 Å². The van der Waals surface area contributed by atoms with Gasteiger partial charge in [0, 0.05) is 4.90 Å². The average Bonchev–Trinajstić information content (AvgIpc) is 2.41. The van der Waals surface area contributed by atoms with Gasteiger partial charge in [0.05, 0.1) is 21.4 Å². The Bertz CT molecular complexity index is 690. The van der Waals surface area contributed by atoms with E-state index in [1.807, 2.05) is 0 Å². The van der Waals surface area contributed by atoms with Crippen LogP contribution in [0.4, 0.5) is 10.1 Å². The van der Waals surface area contributed by atoms with Crippen molar-refractivity contribution in [3.8, 4) is 0 Å². The van der Waals surface area contributed by atoms with Crippen molar-refractivity contribution < 1.29 is 19.2 Å². The molecule has 2 aromatic carbocycles. The third kappa shape index (κ3) is 3.12. The molecule has 1 N–H and O–H groups in total. The smallest absolute Gasteiger partial charge is 0.335 e. The van der Waals surface area contributed by atoms with Gasteiger partial charge < -0.3 is 5.11 Å². The van der Waals surface area contributed by atoms with E-state index < -0.39 is 16.7 Å². The Morgan fingerprint density at radius 3 is 2.65 bits per heavy atom. The Hall–Kier alpha value is -2.41. The van der Waals surface area contributed by atoms with E-state index in [0.717, 1.165) is 23.9 Å². The van der Waals surface area contributed by atoms with E-state index >= 15 is 0 Å². The van der Waals surface area contributed by atoms with Crippen LogP contribution >= 0.6 is 11.8 Å². The molecule has 0 radical (unpaired) electrons. The Labute approximate surface area is 117 Å². The second-order valence-electron chi connectivity index (χ2n) is 3.80. The predicted molar refractivity (Wildman–Crippen MR) is 70.6 cm³/mol. The zero-order valence-electron chi connectivity index (χ0n) is 9.95. The molecule has 20 heavy (non-hydrogen) atoms. The second-order valence-corrected chi connectivity index (χ2v) is 4.92. The SMILES string of the molecule is O=C(O)c1cccc(Sc2ccc(F)cc2[N+](=O)[O-])c1. The van der Waals surface area contributed by atoms with Gasteiger partial charge >= 0.3 is 5.97 Å². The van der Waals surface area contributed by atoms with Crippen LogP contribution in [-0.2, 0) is 0 Å².